The molecule has 0 spiro atoms. The van der Waals surface area contributed by atoms with E-state index in [0.29, 0.717) is 5.82 Å². The van der Waals surface area contributed by atoms with Gasteiger partial charge in [0.2, 0.25) is 5.82 Å². The van der Waals surface area contributed by atoms with Crippen LogP contribution in [0.15, 0.2) is 30.3 Å². The van der Waals surface area contributed by atoms with E-state index in [2.05, 4.69) is 15.4 Å². The van der Waals surface area contributed by atoms with E-state index < -0.39 is 0 Å². The number of nitrogens with zero attached hydrogens (tertiary/aromatic N) is 4. The number of thiophene rings is 1. The zero-order chi connectivity index (χ0) is 15.7. The molecule has 3 aromatic rings. The summed E-state index contributed by atoms with van der Waals surface area (Å²) in [4.78, 5) is 15.8. The molecule has 3 rings (SSSR count). The van der Waals surface area contributed by atoms with Gasteiger partial charge in [-0.1, -0.05) is 29.8 Å². The maximum absolute atomic E-state index is 12.3. The van der Waals surface area contributed by atoms with Gasteiger partial charge in [-0.25, -0.2) is 0 Å². The smallest absolute Gasteiger partial charge is 0.204 e. The Balaban J connectivity index is 1.78. The van der Waals surface area contributed by atoms with E-state index in [-0.39, 0.29) is 12.3 Å². The molecule has 0 aliphatic carbocycles. The van der Waals surface area contributed by atoms with E-state index in [1.165, 1.54) is 10.4 Å². The van der Waals surface area contributed by atoms with E-state index in [1.54, 1.807) is 11.3 Å². The van der Waals surface area contributed by atoms with E-state index in [0.717, 1.165) is 20.9 Å². The van der Waals surface area contributed by atoms with Crippen LogP contribution < -0.4 is 0 Å². The SMILES string of the molecule is Cc1ccc(-c2nnn(CC(=O)c3cc(C)sc3C)n2)cc1. The van der Waals surface area contributed by atoms with Gasteiger partial charge in [0, 0.05) is 20.9 Å². The lowest BCUT2D eigenvalue weighted by molar-refractivity contribution is 0.0961. The lowest BCUT2D eigenvalue weighted by Gasteiger charge is -1.98. The van der Waals surface area contributed by atoms with Crippen LogP contribution in [-0.2, 0) is 6.54 Å². The molecule has 0 aliphatic rings. The number of Topliss-reactive ketones (excluding diaryl/α,β-unsaturated/α-hetero) is 1. The second kappa shape index (κ2) is 5.81. The van der Waals surface area contributed by atoms with Crippen LogP contribution in [0.2, 0.25) is 0 Å². The first-order valence-electron chi connectivity index (χ1n) is 6.98. The lowest BCUT2D eigenvalue weighted by atomic mass is 10.1. The molecule has 0 saturated carbocycles. The van der Waals surface area contributed by atoms with Gasteiger partial charge in [0.15, 0.2) is 5.78 Å². The van der Waals surface area contributed by atoms with Crippen molar-refractivity contribution in [1.29, 1.82) is 0 Å². The van der Waals surface area contributed by atoms with Gasteiger partial charge in [0.25, 0.3) is 0 Å². The van der Waals surface area contributed by atoms with Crippen LogP contribution in [0.4, 0.5) is 0 Å². The summed E-state index contributed by atoms with van der Waals surface area (Å²) >= 11 is 1.62. The average Bonchev–Trinajstić information content (AvgIpc) is 3.06. The van der Waals surface area contributed by atoms with Crippen molar-refractivity contribution in [2.45, 2.75) is 27.3 Å². The Hall–Kier alpha value is -2.34. The molecule has 22 heavy (non-hydrogen) atoms. The molecular weight excluding hydrogens is 296 g/mol. The van der Waals surface area contributed by atoms with Gasteiger partial charge >= 0.3 is 0 Å². The topological polar surface area (TPSA) is 60.7 Å². The first-order chi connectivity index (χ1) is 10.5. The fourth-order valence-electron chi connectivity index (χ4n) is 2.25. The number of hydrogen-bond acceptors (Lipinski definition) is 5. The van der Waals surface area contributed by atoms with E-state index in [9.17, 15) is 4.79 Å². The fraction of sp³-hybridized carbons (Fsp3) is 0.250. The largest absolute Gasteiger partial charge is 0.292 e. The predicted molar refractivity (Wildman–Crippen MR) is 86.1 cm³/mol. The standard InChI is InChI=1S/C16H16N4OS/c1-10-4-6-13(7-5-10)16-17-19-20(18-16)9-15(21)14-8-11(2)22-12(14)3/h4-8H,9H2,1-3H3. The Kier molecular flexibility index (Phi) is 3.85. The second-order valence-electron chi connectivity index (χ2n) is 5.26. The highest BCUT2D eigenvalue weighted by atomic mass is 32.1. The number of hydrogen-bond donors (Lipinski definition) is 0. The molecule has 0 N–H and O–H groups in total. The summed E-state index contributed by atoms with van der Waals surface area (Å²) in [7, 11) is 0. The normalized spacial score (nSPS) is 10.9. The Morgan fingerprint density at radius 2 is 1.91 bits per heavy atom. The van der Waals surface area contributed by atoms with Gasteiger partial charge in [0.05, 0.1) is 0 Å². The monoisotopic (exact) mass is 312 g/mol. The van der Waals surface area contributed by atoms with Crippen LogP contribution in [-0.4, -0.2) is 26.0 Å². The summed E-state index contributed by atoms with van der Waals surface area (Å²) in [5, 5.41) is 12.3. The van der Waals surface area contributed by atoms with Gasteiger partial charge in [-0.15, -0.1) is 21.5 Å². The quantitative estimate of drug-likeness (QED) is 0.694. The van der Waals surface area contributed by atoms with Gasteiger partial charge < -0.3 is 0 Å². The van der Waals surface area contributed by atoms with Crippen LogP contribution in [0.1, 0.15) is 25.7 Å². The number of aromatic nitrogens is 4. The third-order valence-corrected chi connectivity index (χ3v) is 4.35. The number of tetrazole rings is 1. The van der Waals surface area contributed by atoms with Crippen molar-refractivity contribution < 1.29 is 4.79 Å². The molecule has 0 atom stereocenters. The minimum atomic E-state index is 0.00899. The minimum Gasteiger partial charge on any atom is -0.292 e. The zero-order valence-electron chi connectivity index (χ0n) is 12.7. The third kappa shape index (κ3) is 2.96. The maximum Gasteiger partial charge on any atom is 0.204 e. The number of benzene rings is 1. The molecule has 0 unspecified atom stereocenters. The molecule has 0 radical (unpaired) electrons. The molecule has 6 heteroatoms. The highest BCUT2D eigenvalue weighted by Crippen LogP contribution is 2.21. The summed E-state index contributed by atoms with van der Waals surface area (Å²) < 4.78 is 0. The Labute approximate surface area is 132 Å². The lowest BCUT2D eigenvalue weighted by Crippen LogP contribution is -2.13. The van der Waals surface area contributed by atoms with Crippen molar-refractivity contribution in [3.63, 3.8) is 0 Å². The van der Waals surface area contributed by atoms with Crippen molar-refractivity contribution in [3.05, 3.63) is 51.2 Å². The Morgan fingerprint density at radius 1 is 1.18 bits per heavy atom. The van der Waals surface area contributed by atoms with Gasteiger partial charge in [-0.2, -0.15) is 4.80 Å². The molecule has 2 aromatic heterocycles. The zero-order valence-corrected chi connectivity index (χ0v) is 13.5. The molecular formula is C16H16N4OS. The highest BCUT2D eigenvalue weighted by molar-refractivity contribution is 7.12. The Bertz CT molecular complexity index is 817. The molecule has 5 nitrogen and oxygen atoms in total. The summed E-state index contributed by atoms with van der Waals surface area (Å²) in [5.41, 5.74) is 2.82. The van der Waals surface area contributed by atoms with Crippen molar-refractivity contribution in [2.75, 3.05) is 0 Å². The molecule has 0 bridgehead atoms. The maximum atomic E-state index is 12.3. The predicted octanol–water partition coefficient (Wildman–Crippen LogP) is 3.21. The minimum absolute atomic E-state index is 0.00899. The average molecular weight is 312 g/mol. The van der Waals surface area contributed by atoms with Gasteiger partial charge in [-0.05, 0) is 32.1 Å². The second-order valence-corrected chi connectivity index (χ2v) is 6.72. The molecule has 0 fully saturated rings. The summed E-state index contributed by atoms with van der Waals surface area (Å²) in [6, 6.07) is 9.81. The molecule has 0 aliphatic heterocycles. The Morgan fingerprint density at radius 3 is 2.55 bits per heavy atom. The number of carbonyl (C=O) groups excluding carboxylic acids is 1. The van der Waals surface area contributed by atoms with Gasteiger partial charge in [-0.3, -0.25) is 4.79 Å². The number of aryl methyl sites for hydroxylation is 3. The van der Waals surface area contributed by atoms with Crippen molar-refractivity contribution in [3.8, 4) is 11.4 Å². The molecule has 2 heterocycles. The molecule has 0 saturated heterocycles. The number of ketones is 1. The van der Waals surface area contributed by atoms with E-state index >= 15 is 0 Å². The summed E-state index contributed by atoms with van der Waals surface area (Å²) in [6.07, 6.45) is 0. The van der Waals surface area contributed by atoms with Crippen molar-refractivity contribution in [2.24, 2.45) is 0 Å². The number of rotatable bonds is 4. The first kappa shape index (κ1) is 14.6. The molecule has 1 aromatic carbocycles. The van der Waals surface area contributed by atoms with Crippen molar-refractivity contribution >= 4 is 17.1 Å². The number of carbonyl (C=O) groups is 1. The summed E-state index contributed by atoms with van der Waals surface area (Å²) in [6.45, 7) is 6.09. The van der Waals surface area contributed by atoms with Gasteiger partial charge in [0.1, 0.15) is 6.54 Å². The third-order valence-electron chi connectivity index (χ3n) is 3.39. The van der Waals surface area contributed by atoms with Crippen LogP contribution in [0.3, 0.4) is 0 Å². The van der Waals surface area contributed by atoms with E-state index in [4.69, 9.17) is 0 Å². The van der Waals surface area contributed by atoms with Crippen LogP contribution in [0, 0.1) is 20.8 Å². The van der Waals surface area contributed by atoms with Crippen molar-refractivity contribution in [1.82, 2.24) is 20.2 Å². The van der Waals surface area contributed by atoms with Crippen LogP contribution >= 0.6 is 11.3 Å². The first-order valence-corrected chi connectivity index (χ1v) is 7.79. The van der Waals surface area contributed by atoms with Crippen LogP contribution in [0.5, 0.6) is 0 Å². The molecule has 0 amide bonds. The van der Waals surface area contributed by atoms with Crippen LogP contribution in [0.25, 0.3) is 11.4 Å². The molecule has 112 valence electrons. The highest BCUT2D eigenvalue weighted by Gasteiger charge is 2.14. The van der Waals surface area contributed by atoms with E-state index in [1.807, 2.05) is 51.1 Å². The summed E-state index contributed by atoms with van der Waals surface area (Å²) in [5.74, 6) is 0.542. The fourth-order valence-corrected chi connectivity index (χ4v) is 3.19.